The predicted molar refractivity (Wildman–Crippen MR) is 91.9 cm³/mol. The van der Waals surface area contributed by atoms with Gasteiger partial charge in [-0.3, -0.25) is 9.59 Å². The third-order valence-electron chi connectivity index (χ3n) is 3.58. The van der Waals surface area contributed by atoms with Crippen molar-refractivity contribution >= 4 is 23.7 Å². The Morgan fingerprint density at radius 1 is 1.16 bits per heavy atom. The molecule has 1 atom stereocenters. The van der Waals surface area contributed by atoms with E-state index >= 15 is 0 Å². The van der Waals surface area contributed by atoms with Gasteiger partial charge in [0.15, 0.2) is 0 Å². The third-order valence-corrected chi connectivity index (χ3v) is 3.58. The molecule has 0 saturated carbocycles. The maximum Gasteiger partial charge on any atom is 0.319 e. The minimum Gasteiger partial charge on any atom is -0.494 e. The van der Waals surface area contributed by atoms with Crippen molar-refractivity contribution in [2.45, 2.75) is 33.1 Å². The van der Waals surface area contributed by atoms with E-state index in [1.807, 2.05) is 0 Å². The van der Waals surface area contributed by atoms with Crippen LogP contribution in [0.5, 0.6) is 5.75 Å². The number of anilines is 1. The van der Waals surface area contributed by atoms with Gasteiger partial charge in [0.25, 0.3) is 0 Å². The Balaban J connectivity index is 2.53. The van der Waals surface area contributed by atoms with Crippen molar-refractivity contribution < 1.29 is 29.3 Å². The van der Waals surface area contributed by atoms with E-state index in [-0.39, 0.29) is 6.54 Å². The molecule has 1 unspecified atom stereocenters. The van der Waals surface area contributed by atoms with Gasteiger partial charge in [0, 0.05) is 12.2 Å². The maximum absolute atomic E-state index is 11.9. The average molecular weight is 352 g/mol. The summed E-state index contributed by atoms with van der Waals surface area (Å²) in [5, 5.41) is 22.9. The summed E-state index contributed by atoms with van der Waals surface area (Å²) in [6.45, 7) is 3.66. The smallest absolute Gasteiger partial charge is 0.319 e. The van der Waals surface area contributed by atoms with Crippen molar-refractivity contribution in [1.82, 2.24) is 5.32 Å². The number of urea groups is 1. The highest BCUT2D eigenvalue weighted by Crippen LogP contribution is 2.21. The fourth-order valence-electron chi connectivity index (χ4n) is 1.97. The Kier molecular flexibility index (Phi) is 7.71. The van der Waals surface area contributed by atoms with Crippen LogP contribution in [0.1, 0.15) is 33.1 Å². The predicted octanol–water partition coefficient (Wildman–Crippen LogP) is 2.55. The summed E-state index contributed by atoms with van der Waals surface area (Å²) in [6, 6.07) is 6.15. The van der Waals surface area contributed by atoms with Crippen molar-refractivity contribution in [3.05, 3.63) is 24.3 Å². The van der Waals surface area contributed by atoms with Crippen LogP contribution in [0.15, 0.2) is 24.3 Å². The second-order valence-electron chi connectivity index (χ2n) is 5.97. The zero-order chi connectivity index (χ0) is 18.9. The van der Waals surface area contributed by atoms with E-state index in [1.54, 1.807) is 24.3 Å². The summed E-state index contributed by atoms with van der Waals surface area (Å²) in [4.78, 5) is 33.9. The number of benzene rings is 1. The lowest BCUT2D eigenvalue weighted by Gasteiger charge is -2.23. The van der Waals surface area contributed by atoms with E-state index in [9.17, 15) is 14.4 Å². The van der Waals surface area contributed by atoms with Gasteiger partial charge < -0.3 is 25.6 Å². The van der Waals surface area contributed by atoms with Crippen LogP contribution in [0.4, 0.5) is 10.5 Å². The lowest BCUT2D eigenvalue weighted by atomic mass is 9.87. The van der Waals surface area contributed by atoms with E-state index in [4.69, 9.17) is 14.9 Å². The van der Waals surface area contributed by atoms with Crippen LogP contribution in [0, 0.1) is 5.41 Å². The van der Waals surface area contributed by atoms with Gasteiger partial charge in [0.05, 0.1) is 18.4 Å². The SMILES string of the molecule is CCCCOc1ccc(NC(=O)NCC(C)(CC(=O)O)C(=O)O)cc1. The van der Waals surface area contributed by atoms with Crippen LogP contribution in [0.3, 0.4) is 0 Å². The second-order valence-corrected chi connectivity index (χ2v) is 5.97. The number of amides is 2. The van der Waals surface area contributed by atoms with Crippen molar-refractivity contribution in [1.29, 1.82) is 0 Å². The molecule has 0 spiro atoms. The molecule has 1 aromatic carbocycles. The number of ether oxygens (including phenoxy) is 1. The van der Waals surface area contributed by atoms with Gasteiger partial charge >= 0.3 is 18.0 Å². The van der Waals surface area contributed by atoms with Gasteiger partial charge in [-0.2, -0.15) is 0 Å². The summed E-state index contributed by atoms with van der Waals surface area (Å²) < 4.78 is 5.51. The number of carbonyl (C=O) groups excluding carboxylic acids is 1. The Morgan fingerprint density at radius 3 is 2.32 bits per heavy atom. The molecule has 138 valence electrons. The summed E-state index contributed by atoms with van der Waals surface area (Å²) in [5.74, 6) is -1.84. The summed E-state index contributed by atoms with van der Waals surface area (Å²) in [6.07, 6.45) is 1.41. The quantitative estimate of drug-likeness (QED) is 0.480. The zero-order valence-corrected chi connectivity index (χ0v) is 14.4. The molecule has 2 amide bonds. The molecule has 1 aromatic rings. The summed E-state index contributed by atoms with van der Waals surface area (Å²) >= 11 is 0. The van der Waals surface area contributed by atoms with Crippen molar-refractivity contribution in [3.63, 3.8) is 0 Å². The fourth-order valence-corrected chi connectivity index (χ4v) is 1.97. The minimum atomic E-state index is -1.58. The highest BCUT2D eigenvalue weighted by molar-refractivity contribution is 5.90. The molecular weight excluding hydrogens is 328 g/mol. The molecule has 0 saturated heterocycles. The highest BCUT2D eigenvalue weighted by atomic mass is 16.5. The number of hydrogen-bond donors (Lipinski definition) is 4. The number of carboxylic acids is 2. The van der Waals surface area contributed by atoms with E-state index in [1.165, 1.54) is 6.92 Å². The average Bonchev–Trinajstić information content (AvgIpc) is 2.54. The number of hydrogen-bond acceptors (Lipinski definition) is 4. The van der Waals surface area contributed by atoms with E-state index in [0.717, 1.165) is 12.8 Å². The first-order valence-electron chi connectivity index (χ1n) is 8.00. The molecular formula is C17H24N2O6. The Morgan fingerprint density at radius 2 is 1.80 bits per heavy atom. The van der Waals surface area contributed by atoms with Crippen LogP contribution < -0.4 is 15.4 Å². The molecule has 8 heteroatoms. The van der Waals surface area contributed by atoms with Crippen LogP contribution >= 0.6 is 0 Å². The summed E-state index contributed by atoms with van der Waals surface area (Å²) in [7, 11) is 0. The molecule has 0 heterocycles. The number of rotatable bonds is 10. The van der Waals surface area contributed by atoms with Gasteiger partial charge in [0.1, 0.15) is 5.75 Å². The first-order chi connectivity index (χ1) is 11.8. The van der Waals surface area contributed by atoms with Gasteiger partial charge in [-0.15, -0.1) is 0 Å². The second kappa shape index (κ2) is 9.51. The number of aliphatic carboxylic acids is 2. The first-order valence-corrected chi connectivity index (χ1v) is 8.00. The molecule has 0 aromatic heterocycles. The topological polar surface area (TPSA) is 125 Å². The van der Waals surface area contributed by atoms with E-state index in [0.29, 0.717) is 18.0 Å². The molecule has 0 aliphatic carbocycles. The van der Waals surface area contributed by atoms with E-state index < -0.39 is 29.8 Å². The number of carbonyl (C=O) groups is 3. The molecule has 25 heavy (non-hydrogen) atoms. The molecule has 8 nitrogen and oxygen atoms in total. The molecule has 1 rings (SSSR count). The standard InChI is InChI=1S/C17H24N2O6/c1-3-4-9-25-13-7-5-12(6-8-13)19-16(24)18-11-17(2,15(22)23)10-14(20)21/h5-8H,3-4,9-11H2,1-2H3,(H,20,21)(H,22,23)(H2,18,19,24). The molecule has 0 bridgehead atoms. The van der Waals surface area contributed by atoms with Crippen molar-refractivity contribution in [2.75, 3.05) is 18.5 Å². The number of carboxylic acid groups (broad SMARTS) is 2. The van der Waals surface area contributed by atoms with Gasteiger partial charge in [-0.1, -0.05) is 13.3 Å². The fraction of sp³-hybridized carbons (Fsp3) is 0.471. The molecule has 0 radical (unpaired) electrons. The number of nitrogens with one attached hydrogen (secondary N) is 2. The van der Waals surface area contributed by atoms with Crippen LogP contribution in [0.2, 0.25) is 0 Å². The summed E-state index contributed by atoms with van der Waals surface area (Å²) in [5.41, 5.74) is -1.07. The van der Waals surface area contributed by atoms with Crippen LogP contribution in [-0.2, 0) is 9.59 Å². The van der Waals surface area contributed by atoms with E-state index in [2.05, 4.69) is 17.6 Å². The Hall–Kier alpha value is -2.77. The zero-order valence-electron chi connectivity index (χ0n) is 14.4. The van der Waals surface area contributed by atoms with Crippen molar-refractivity contribution in [2.24, 2.45) is 5.41 Å². The van der Waals surface area contributed by atoms with Crippen LogP contribution in [-0.4, -0.2) is 41.3 Å². The van der Waals surface area contributed by atoms with Crippen LogP contribution in [0.25, 0.3) is 0 Å². The molecule has 0 fully saturated rings. The maximum atomic E-state index is 11.9. The molecule has 0 aliphatic heterocycles. The highest BCUT2D eigenvalue weighted by Gasteiger charge is 2.36. The number of unbranched alkanes of at least 4 members (excludes halogenated alkanes) is 1. The largest absolute Gasteiger partial charge is 0.494 e. The Labute approximate surface area is 146 Å². The van der Waals surface area contributed by atoms with Gasteiger partial charge in [-0.25, -0.2) is 4.79 Å². The third kappa shape index (κ3) is 7.11. The van der Waals surface area contributed by atoms with Gasteiger partial charge in [0.2, 0.25) is 0 Å². The normalized spacial score (nSPS) is 12.7. The lowest BCUT2D eigenvalue weighted by Crippen LogP contribution is -2.43. The van der Waals surface area contributed by atoms with Gasteiger partial charge in [-0.05, 0) is 37.6 Å². The first kappa shape index (κ1) is 20.3. The molecule has 0 aliphatic rings. The minimum absolute atomic E-state index is 0.307. The molecule has 4 N–H and O–H groups in total. The van der Waals surface area contributed by atoms with Crippen molar-refractivity contribution in [3.8, 4) is 5.75 Å². The lowest BCUT2D eigenvalue weighted by molar-refractivity contribution is -0.154. The Bertz CT molecular complexity index is 602. The monoisotopic (exact) mass is 352 g/mol.